The van der Waals surface area contributed by atoms with E-state index in [-0.39, 0.29) is 17.7 Å². The van der Waals surface area contributed by atoms with Crippen LogP contribution in [0.25, 0.3) is 0 Å². The Bertz CT molecular complexity index is 563. The lowest BCUT2D eigenvalue weighted by Gasteiger charge is -2.38. The van der Waals surface area contributed by atoms with Gasteiger partial charge in [-0.25, -0.2) is 0 Å². The standard InChI is InChI=1S/C18H27N3O3/c1-13(2)17(19-14(3)22)18(23)21-11-9-20(10-12-21)15-5-7-16(24-4)8-6-15/h5-8,13,17H,9-12H2,1-4H3,(H,19,22)/t17-/m1/s1. The number of methoxy groups -OCH3 is 1. The molecule has 1 saturated heterocycles. The number of ether oxygens (including phenoxy) is 1. The van der Waals surface area contributed by atoms with Gasteiger partial charge in [-0.05, 0) is 30.2 Å². The summed E-state index contributed by atoms with van der Waals surface area (Å²) in [6.07, 6.45) is 0. The van der Waals surface area contributed by atoms with E-state index >= 15 is 0 Å². The van der Waals surface area contributed by atoms with Crippen LogP contribution in [0.4, 0.5) is 5.69 Å². The molecule has 2 amide bonds. The second-order valence-corrected chi connectivity index (χ2v) is 6.43. The van der Waals surface area contributed by atoms with Gasteiger partial charge in [0.25, 0.3) is 0 Å². The molecule has 0 aromatic heterocycles. The molecule has 0 bridgehead atoms. The number of hydrogen-bond acceptors (Lipinski definition) is 4. The van der Waals surface area contributed by atoms with Gasteiger partial charge in [0, 0.05) is 38.8 Å². The summed E-state index contributed by atoms with van der Waals surface area (Å²) in [7, 11) is 1.65. The molecule has 0 unspecified atom stereocenters. The summed E-state index contributed by atoms with van der Waals surface area (Å²) in [4.78, 5) is 28.1. The van der Waals surface area contributed by atoms with Crippen molar-refractivity contribution in [2.24, 2.45) is 5.92 Å². The molecule has 1 aliphatic heterocycles. The van der Waals surface area contributed by atoms with Crippen LogP contribution in [0.2, 0.25) is 0 Å². The number of hydrogen-bond donors (Lipinski definition) is 1. The van der Waals surface area contributed by atoms with Crippen LogP contribution >= 0.6 is 0 Å². The maximum absolute atomic E-state index is 12.7. The summed E-state index contributed by atoms with van der Waals surface area (Å²) in [5.41, 5.74) is 1.13. The normalized spacial score (nSPS) is 16.0. The van der Waals surface area contributed by atoms with Crippen molar-refractivity contribution in [3.63, 3.8) is 0 Å². The number of amides is 2. The molecule has 1 aromatic carbocycles. The van der Waals surface area contributed by atoms with Crippen molar-refractivity contribution in [1.29, 1.82) is 0 Å². The van der Waals surface area contributed by atoms with E-state index in [9.17, 15) is 9.59 Å². The summed E-state index contributed by atoms with van der Waals surface area (Å²) >= 11 is 0. The first-order valence-electron chi connectivity index (χ1n) is 8.37. The average Bonchev–Trinajstić information content (AvgIpc) is 2.59. The minimum atomic E-state index is -0.449. The Labute approximate surface area is 143 Å². The summed E-state index contributed by atoms with van der Waals surface area (Å²) in [5, 5.41) is 2.77. The zero-order chi connectivity index (χ0) is 17.7. The molecule has 0 saturated carbocycles. The fraction of sp³-hybridized carbons (Fsp3) is 0.556. The number of nitrogens with zero attached hydrogens (tertiary/aromatic N) is 2. The quantitative estimate of drug-likeness (QED) is 0.887. The van der Waals surface area contributed by atoms with Crippen molar-refractivity contribution in [3.05, 3.63) is 24.3 Å². The molecule has 1 atom stereocenters. The SMILES string of the molecule is COc1ccc(N2CCN(C(=O)[C@H](NC(C)=O)C(C)C)CC2)cc1. The fourth-order valence-corrected chi connectivity index (χ4v) is 2.91. The predicted molar refractivity (Wildman–Crippen MR) is 94.2 cm³/mol. The highest BCUT2D eigenvalue weighted by atomic mass is 16.5. The highest BCUT2D eigenvalue weighted by molar-refractivity contribution is 5.87. The third kappa shape index (κ3) is 4.40. The van der Waals surface area contributed by atoms with Crippen LogP contribution in [0.5, 0.6) is 5.75 Å². The fourth-order valence-electron chi connectivity index (χ4n) is 2.91. The Morgan fingerprint density at radius 2 is 1.67 bits per heavy atom. The van der Waals surface area contributed by atoms with E-state index in [1.807, 2.05) is 43.0 Å². The van der Waals surface area contributed by atoms with Crippen molar-refractivity contribution in [3.8, 4) is 5.75 Å². The molecule has 1 aromatic rings. The molecule has 0 radical (unpaired) electrons. The van der Waals surface area contributed by atoms with Gasteiger partial charge in [-0.3, -0.25) is 9.59 Å². The van der Waals surface area contributed by atoms with Crippen molar-refractivity contribution >= 4 is 17.5 Å². The van der Waals surface area contributed by atoms with Crippen LogP contribution in [-0.2, 0) is 9.59 Å². The van der Waals surface area contributed by atoms with Crippen molar-refractivity contribution in [2.75, 3.05) is 38.2 Å². The topological polar surface area (TPSA) is 61.9 Å². The first-order chi connectivity index (χ1) is 11.4. The first kappa shape index (κ1) is 18.1. The Morgan fingerprint density at radius 3 is 2.12 bits per heavy atom. The van der Waals surface area contributed by atoms with Crippen LogP contribution in [-0.4, -0.2) is 56.0 Å². The number of nitrogens with one attached hydrogen (secondary N) is 1. The smallest absolute Gasteiger partial charge is 0.245 e. The second kappa shape index (κ2) is 8.04. The molecule has 24 heavy (non-hydrogen) atoms. The first-order valence-corrected chi connectivity index (χ1v) is 8.37. The summed E-state index contributed by atoms with van der Waals surface area (Å²) in [6.45, 7) is 8.23. The molecule has 0 aliphatic carbocycles. The Morgan fingerprint density at radius 1 is 1.08 bits per heavy atom. The van der Waals surface area contributed by atoms with Crippen LogP contribution in [0.3, 0.4) is 0 Å². The van der Waals surface area contributed by atoms with Crippen LogP contribution < -0.4 is 15.0 Å². The van der Waals surface area contributed by atoms with E-state index in [1.54, 1.807) is 7.11 Å². The summed E-state index contributed by atoms with van der Waals surface area (Å²) in [6, 6.07) is 7.50. The largest absolute Gasteiger partial charge is 0.497 e. The zero-order valence-electron chi connectivity index (χ0n) is 14.9. The summed E-state index contributed by atoms with van der Waals surface area (Å²) in [5.74, 6) is 0.747. The Balaban J connectivity index is 1.95. The Kier molecular flexibility index (Phi) is 6.06. The number of piperazine rings is 1. The van der Waals surface area contributed by atoms with Gasteiger partial charge in [0.05, 0.1) is 7.11 Å². The lowest BCUT2D eigenvalue weighted by Crippen LogP contribution is -2.56. The molecule has 1 heterocycles. The number of carbonyl (C=O) groups is 2. The molecule has 6 nitrogen and oxygen atoms in total. The lowest BCUT2D eigenvalue weighted by atomic mass is 10.0. The molecule has 6 heteroatoms. The minimum Gasteiger partial charge on any atom is -0.497 e. The van der Waals surface area contributed by atoms with Gasteiger partial charge in [0.15, 0.2) is 0 Å². The van der Waals surface area contributed by atoms with Crippen molar-refractivity contribution in [2.45, 2.75) is 26.8 Å². The summed E-state index contributed by atoms with van der Waals surface area (Å²) < 4.78 is 5.18. The van der Waals surface area contributed by atoms with E-state index in [2.05, 4.69) is 10.2 Å². The third-order valence-corrected chi connectivity index (χ3v) is 4.32. The lowest BCUT2D eigenvalue weighted by molar-refractivity contribution is -0.137. The molecule has 1 N–H and O–H groups in total. The second-order valence-electron chi connectivity index (χ2n) is 6.43. The highest BCUT2D eigenvalue weighted by Gasteiger charge is 2.30. The van der Waals surface area contributed by atoms with Gasteiger partial charge in [-0.1, -0.05) is 13.8 Å². The van der Waals surface area contributed by atoms with Gasteiger partial charge >= 0.3 is 0 Å². The molecule has 132 valence electrons. The zero-order valence-corrected chi connectivity index (χ0v) is 14.9. The van der Waals surface area contributed by atoms with E-state index < -0.39 is 6.04 Å². The molecule has 1 aliphatic rings. The van der Waals surface area contributed by atoms with Gasteiger partial charge in [0.2, 0.25) is 11.8 Å². The molecular weight excluding hydrogens is 306 g/mol. The van der Waals surface area contributed by atoms with Crippen LogP contribution in [0.1, 0.15) is 20.8 Å². The predicted octanol–water partition coefficient (Wildman–Crippen LogP) is 1.50. The van der Waals surface area contributed by atoms with Gasteiger partial charge < -0.3 is 19.9 Å². The average molecular weight is 333 g/mol. The molecule has 2 rings (SSSR count). The van der Waals surface area contributed by atoms with E-state index in [0.717, 1.165) is 24.5 Å². The monoisotopic (exact) mass is 333 g/mol. The number of anilines is 1. The van der Waals surface area contributed by atoms with Gasteiger partial charge in [-0.15, -0.1) is 0 Å². The van der Waals surface area contributed by atoms with Crippen LogP contribution in [0, 0.1) is 5.92 Å². The molecule has 1 fully saturated rings. The minimum absolute atomic E-state index is 0.00887. The maximum atomic E-state index is 12.7. The molecular formula is C18H27N3O3. The van der Waals surface area contributed by atoms with E-state index in [1.165, 1.54) is 6.92 Å². The third-order valence-electron chi connectivity index (χ3n) is 4.32. The van der Waals surface area contributed by atoms with Crippen molar-refractivity contribution in [1.82, 2.24) is 10.2 Å². The number of carbonyl (C=O) groups excluding carboxylic acids is 2. The van der Waals surface area contributed by atoms with Crippen molar-refractivity contribution < 1.29 is 14.3 Å². The molecule has 0 spiro atoms. The van der Waals surface area contributed by atoms with Crippen LogP contribution in [0.15, 0.2) is 24.3 Å². The number of benzene rings is 1. The van der Waals surface area contributed by atoms with E-state index in [4.69, 9.17) is 4.74 Å². The van der Waals surface area contributed by atoms with E-state index in [0.29, 0.717) is 13.1 Å². The van der Waals surface area contributed by atoms with Gasteiger partial charge in [-0.2, -0.15) is 0 Å². The highest BCUT2D eigenvalue weighted by Crippen LogP contribution is 2.21. The number of rotatable bonds is 5. The maximum Gasteiger partial charge on any atom is 0.245 e. The van der Waals surface area contributed by atoms with Gasteiger partial charge in [0.1, 0.15) is 11.8 Å². The Hall–Kier alpha value is -2.24.